The van der Waals surface area contributed by atoms with E-state index in [-0.39, 0.29) is 6.04 Å². The third-order valence-electron chi connectivity index (χ3n) is 2.36. The monoisotopic (exact) mass is 249 g/mol. The first-order chi connectivity index (χ1) is 6.68. The molecule has 2 N–H and O–H groups in total. The first kappa shape index (κ1) is 9.69. The molecule has 14 heavy (non-hydrogen) atoms. The van der Waals surface area contributed by atoms with Crippen LogP contribution >= 0.6 is 15.9 Å². The van der Waals surface area contributed by atoms with Gasteiger partial charge in [0, 0.05) is 10.5 Å². The largest absolute Gasteiger partial charge is 0.324 e. The molecule has 2 heteroatoms. The molecule has 0 saturated heterocycles. The highest BCUT2D eigenvalue weighted by Gasteiger charge is 2.04. The van der Waals surface area contributed by atoms with Crippen molar-refractivity contribution in [1.82, 2.24) is 0 Å². The molecule has 0 saturated carbocycles. The summed E-state index contributed by atoms with van der Waals surface area (Å²) in [5, 5.41) is 2.46. The Morgan fingerprint density at radius 2 is 1.93 bits per heavy atom. The van der Waals surface area contributed by atoms with E-state index in [0.717, 1.165) is 10.0 Å². The molecule has 2 rings (SSSR count). The molecule has 1 atom stereocenters. The first-order valence-electron chi connectivity index (χ1n) is 4.62. The summed E-state index contributed by atoms with van der Waals surface area (Å²) in [4.78, 5) is 0. The highest BCUT2D eigenvalue weighted by Crippen LogP contribution is 2.27. The Labute approximate surface area is 92.1 Å². The van der Waals surface area contributed by atoms with Gasteiger partial charge in [0.1, 0.15) is 0 Å². The minimum atomic E-state index is 0.0795. The fourth-order valence-electron chi connectivity index (χ4n) is 1.55. The number of rotatable bonds is 1. The molecule has 0 aromatic heterocycles. The topological polar surface area (TPSA) is 26.0 Å². The van der Waals surface area contributed by atoms with E-state index in [9.17, 15) is 0 Å². The molecule has 72 valence electrons. The smallest absolute Gasteiger partial charge is 0.0266 e. The second-order valence-corrected chi connectivity index (χ2v) is 4.37. The van der Waals surface area contributed by atoms with Crippen LogP contribution in [0.4, 0.5) is 0 Å². The summed E-state index contributed by atoms with van der Waals surface area (Å²) >= 11 is 3.56. The summed E-state index contributed by atoms with van der Waals surface area (Å²) in [5.41, 5.74) is 7.02. The lowest BCUT2D eigenvalue weighted by molar-refractivity contribution is 0.819. The van der Waals surface area contributed by atoms with Gasteiger partial charge >= 0.3 is 0 Å². The third kappa shape index (κ3) is 1.68. The molecule has 0 fully saturated rings. The van der Waals surface area contributed by atoms with Crippen molar-refractivity contribution in [2.45, 2.75) is 13.0 Å². The van der Waals surface area contributed by atoms with Gasteiger partial charge in [-0.1, -0.05) is 40.2 Å². The second-order valence-electron chi connectivity index (χ2n) is 3.51. The molecule has 0 bridgehead atoms. The Bertz CT molecular complexity index is 463. The van der Waals surface area contributed by atoms with Crippen molar-refractivity contribution in [2.24, 2.45) is 5.73 Å². The van der Waals surface area contributed by atoms with Crippen LogP contribution in [-0.4, -0.2) is 0 Å². The van der Waals surface area contributed by atoms with Crippen molar-refractivity contribution >= 4 is 26.7 Å². The molecule has 0 aliphatic carbocycles. The molecule has 0 radical (unpaired) electrons. The van der Waals surface area contributed by atoms with Crippen LogP contribution in [0.2, 0.25) is 0 Å². The van der Waals surface area contributed by atoms with Gasteiger partial charge < -0.3 is 5.73 Å². The van der Waals surface area contributed by atoms with E-state index in [1.807, 2.05) is 19.1 Å². The Kier molecular flexibility index (Phi) is 2.57. The fraction of sp³-hybridized carbons (Fsp3) is 0.167. The summed E-state index contributed by atoms with van der Waals surface area (Å²) in [5.74, 6) is 0. The number of nitrogens with two attached hydrogens (primary N) is 1. The quantitative estimate of drug-likeness (QED) is 0.821. The summed E-state index contributed by atoms with van der Waals surface area (Å²) in [6.07, 6.45) is 0. The lowest BCUT2D eigenvalue weighted by Crippen LogP contribution is -2.04. The van der Waals surface area contributed by atoms with Crippen LogP contribution in [0.5, 0.6) is 0 Å². The van der Waals surface area contributed by atoms with Crippen LogP contribution in [0, 0.1) is 0 Å². The minimum Gasteiger partial charge on any atom is -0.324 e. The molecule has 0 unspecified atom stereocenters. The predicted molar refractivity (Wildman–Crippen MR) is 64.3 cm³/mol. The van der Waals surface area contributed by atoms with E-state index in [2.05, 4.69) is 40.2 Å². The second kappa shape index (κ2) is 3.71. The molecular formula is C12H12BrN. The van der Waals surface area contributed by atoms with Crippen molar-refractivity contribution < 1.29 is 0 Å². The minimum absolute atomic E-state index is 0.0795. The Morgan fingerprint density at radius 3 is 2.64 bits per heavy atom. The zero-order chi connectivity index (χ0) is 10.1. The van der Waals surface area contributed by atoms with Gasteiger partial charge in [0.05, 0.1) is 0 Å². The SMILES string of the molecule is C[C@@H](N)c1cc(Br)c2ccccc2c1. The van der Waals surface area contributed by atoms with Gasteiger partial charge in [-0.2, -0.15) is 0 Å². The summed E-state index contributed by atoms with van der Waals surface area (Å²) in [6, 6.07) is 12.6. The van der Waals surface area contributed by atoms with Crippen molar-refractivity contribution in [2.75, 3.05) is 0 Å². The number of hydrogen-bond acceptors (Lipinski definition) is 1. The van der Waals surface area contributed by atoms with Gasteiger partial charge in [0.15, 0.2) is 0 Å². The van der Waals surface area contributed by atoms with E-state index in [4.69, 9.17) is 5.73 Å². The highest BCUT2D eigenvalue weighted by molar-refractivity contribution is 9.10. The van der Waals surface area contributed by atoms with Crippen LogP contribution < -0.4 is 5.73 Å². The van der Waals surface area contributed by atoms with Crippen LogP contribution in [-0.2, 0) is 0 Å². The summed E-state index contributed by atoms with van der Waals surface area (Å²) in [7, 11) is 0. The van der Waals surface area contributed by atoms with Crippen LogP contribution in [0.3, 0.4) is 0 Å². The van der Waals surface area contributed by atoms with Crippen molar-refractivity contribution in [1.29, 1.82) is 0 Å². The third-order valence-corrected chi connectivity index (χ3v) is 3.02. The van der Waals surface area contributed by atoms with E-state index < -0.39 is 0 Å². The van der Waals surface area contributed by atoms with E-state index in [1.165, 1.54) is 10.8 Å². The van der Waals surface area contributed by atoms with Gasteiger partial charge in [0.2, 0.25) is 0 Å². The van der Waals surface area contributed by atoms with Crippen molar-refractivity contribution in [3.8, 4) is 0 Å². The molecule has 0 aliphatic heterocycles. The lowest BCUT2D eigenvalue weighted by Gasteiger charge is -2.08. The normalized spacial score (nSPS) is 13.1. The zero-order valence-electron chi connectivity index (χ0n) is 8.00. The average Bonchev–Trinajstić information content (AvgIpc) is 2.17. The molecule has 0 amide bonds. The van der Waals surface area contributed by atoms with E-state index >= 15 is 0 Å². The average molecular weight is 250 g/mol. The van der Waals surface area contributed by atoms with Gasteiger partial charge in [-0.3, -0.25) is 0 Å². The van der Waals surface area contributed by atoms with Gasteiger partial charge in [-0.25, -0.2) is 0 Å². The number of halogens is 1. The van der Waals surface area contributed by atoms with Crippen LogP contribution in [0.1, 0.15) is 18.5 Å². The van der Waals surface area contributed by atoms with Crippen molar-refractivity contribution in [3.05, 3.63) is 46.4 Å². The highest BCUT2D eigenvalue weighted by atomic mass is 79.9. The molecule has 0 heterocycles. The maximum absolute atomic E-state index is 5.85. The Morgan fingerprint density at radius 1 is 1.21 bits per heavy atom. The maximum atomic E-state index is 5.85. The number of benzene rings is 2. The van der Waals surface area contributed by atoms with E-state index in [1.54, 1.807) is 0 Å². The number of fused-ring (bicyclic) bond motifs is 1. The molecule has 1 nitrogen and oxygen atoms in total. The van der Waals surface area contributed by atoms with Crippen LogP contribution in [0.15, 0.2) is 40.9 Å². The molecular weight excluding hydrogens is 238 g/mol. The first-order valence-corrected chi connectivity index (χ1v) is 5.41. The standard InChI is InChI=1S/C12H12BrN/c1-8(14)10-6-9-4-2-3-5-11(9)12(13)7-10/h2-8H,14H2,1H3/t8-/m1/s1. The van der Waals surface area contributed by atoms with Crippen molar-refractivity contribution in [3.63, 3.8) is 0 Å². The van der Waals surface area contributed by atoms with Gasteiger partial charge in [-0.05, 0) is 35.4 Å². The summed E-state index contributed by atoms with van der Waals surface area (Å²) in [6.45, 7) is 2.00. The van der Waals surface area contributed by atoms with Gasteiger partial charge in [0.25, 0.3) is 0 Å². The Balaban J connectivity index is 2.72. The molecule has 2 aromatic rings. The molecule has 0 aliphatic rings. The van der Waals surface area contributed by atoms with E-state index in [0.29, 0.717) is 0 Å². The molecule has 0 spiro atoms. The lowest BCUT2D eigenvalue weighted by atomic mass is 10.0. The molecule has 2 aromatic carbocycles. The zero-order valence-corrected chi connectivity index (χ0v) is 9.58. The maximum Gasteiger partial charge on any atom is 0.0266 e. The fourth-order valence-corrected chi connectivity index (χ4v) is 2.17. The van der Waals surface area contributed by atoms with Crippen LogP contribution in [0.25, 0.3) is 10.8 Å². The van der Waals surface area contributed by atoms with Gasteiger partial charge in [-0.15, -0.1) is 0 Å². The predicted octanol–water partition coefficient (Wildman–Crippen LogP) is 3.62. The summed E-state index contributed by atoms with van der Waals surface area (Å²) < 4.78 is 1.11. The number of hydrogen-bond donors (Lipinski definition) is 1. The Hall–Kier alpha value is -0.860.